The molecule has 1 N–H and O–H groups in total. The second kappa shape index (κ2) is 6.43. The van der Waals surface area contributed by atoms with Gasteiger partial charge in [-0.2, -0.15) is 0 Å². The molecule has 1 aromatic rings. The first-order chi connectivity index (χ1) is 8.52. The minimum absolute atomic E-state index is 0.276. The Labute approximate surface area is 109 Å². The van der Waals surface area contributed by atoms with Crippen molar-refractivity contribution in [3.05, 3.63) is 28.3 Å². The van der Waals surface area contributed by atoms with E-state index >= 15 is 0 Å². The van der Waals surface area contributed by atoms with Crippen LogP contribution in [-0.4, -0.2) is 17.7 Å². The predicted molar refractivity (Wildman–Crippen MR) is 72.7 cm³/mol. The summed E-state index contributed by atoms with van der Waals surface area (Å²) < 4.78 is 5.69. The smallest absolute Gasteiger partial charge is 0.339 e. The number of unbranched alkanes of at least 4 members (excludes halogenated alkanes) is 1. The monoisotopic (exact) mass is 250 g/mol. The van der Waals surface area contributed by atoms with E-state index in [-0.39, 0.29) is 5.56 Å². The molecule has 100 valence electrons. The highest BCUT2D eigenvalue weighted by Crippen LogP contribution is 2.30. The second-order valence-electron chi connectivity index (χ2n) is 4.53. The van der Waals surface area contributed by atoms with Crippen LogP contribution in [0.2, 0.25) is 0 Å². The number of aromatic carboxylic acids is 1. The van der Waals surface area contributed by atoms with Crippen molar-refractivity contribution >= 4 is 5.97 Å². The average molecular weight is 250 g/mol. The largest absolute Gasteiger partial charge is 0.492 e. The van der Waals surface area contributed by atoms with Crippen LogP contribution >= 0.6 is 0 Å². The molecule has 0 spiro atoms. The van der Waals surface area contributed by atoms with E-state index in [4.69, 9.17) is 4.74 Å². The van der Waals surface area contributed by atoms with Gasteiger partial charge in [0.25, 0.3) is 0 Å². The topological polar surface area (TPSA) is 46.5 Å². The molecule has 1 aromatic carbocycles. The highest BCUT2D eigenvalue weighted by atomic mass is 16.5. The van der Waals surface area contributed by atoms with E-state index in [1.807, 2.05) is 13.8 Å². The Bertz CT molecular complexity index is 436. The molecule has 0 aromatic heterocycles. The van der Waals surface area contributed by atoms with E-state index in [1.165, 1.54) is 5.56 Å². The summed E-state index contributed by atoms with van der Waals surface area (Å²) in [5.41, 5.74) is 3.45. The van der Waals surface area contributed by atoms with Crippen molar-refractivity contribution in [3.8, 4) is 5.75 Å². The van der Waals surface area contributed by atoms with Crippen LogP contribution in [0.15, 0.2) is 6.07 Å². The molecule has 1 rings (SSSR count). The lowest BCUT2D eigenvalue weighted by Crippen LogP contribution is -2.09. The lowest BCUT2D eigenvalue weighted by Gasteiger charge is -2.17. The van der Waals surface area contributed by atoms with Gasteiger partial charge < -0.3 is 9.84 Å². The zero-order chi connectivity index (χ0) is 13.7. The molecular weight excluding hydrogens is 228 g/mol. The Hall–Kier alpha value is -1.51. The molecule has 3 heteroatoms. The molecule has 3 nitrogen and oxygen atoms in total. The van der Waals surface area contributed by atoms with Crippen molar-refractivity contribution in [2.45, 2.75) is 47.0 Å². The molecule has 0 heterocycles. The first kappa shape index (κ1) is 14.6. The maximum atomic E-state index is 11.3. The number of carboxylic acid groups (broad SMARTS) is 1. The van der Waals surface area contributed by atoms with Crippen molar-refractivity contribution in [2.75, 3.05) is 6.61 Å². The summed E-state index contributed by atoms with van der Waals surface area (Å²) >= 11 is 0. The Morgan fingerprint density at radius 3 is 2.50 bits per heavy atom. The van der Waals surface area contributed by atoms with Gasteiger partial charge in [-0.05, 0) is 49.4 Å². The minimum atomic E-state index is -0.921. The Kier molecular flexibility index (Phi) is 5.20. The number of carbonyl (C=O) groups is 1. The Balaban J connectivity index is 3.21. The van der Waals surface area contributed by atoms with E-state index in [0.717, 1.165) is 30.4 Å². The molecule has 0 aliphatic rings. The van der Waals surface area contributed by atoms with Crippen molar-refractivity contribution in [3.63, 3.8) is 0 Å². The van der Waals surface area contributed by atoms with E-state index in [2.05, 4.69) is 13.8 Å². The van der Waals surface area contributed by atoms with Gasteiger partial charge in [0.15, 0.2) is 0 Å². The second-order valence-corrected chi connectivity index (χ2v) is 4.53. The van der Waals surface area contributed by atoms with Crippen molar-refractivity contribution < 1.29 is 14.6 Å². The Morgan fingerprint density at radius 1 is 1.33 bits per heavy atom. The first-order valence-electron chi connectivity index (χ1n) is 6.52. The van der Waals surface area contributed by atoms with E-state index in [1.54, 1.807) is 6.07 Å². The number of benzene rings is 1. The molecular formula is C15H22O3. The van der Waals surface area contributed by atoms with Gasteiger partial charge in [-0.1, -0.05) is 20.3 Å². The fourth-order valence-electron chi connectivity index (χ4n) is 2.21. The fourth-order valence-corrected chi connectivity index (χ4v) is 2.21. The zero-order valence-corrected chi connectivity index (χ0v) is 11.7. The number of hydrogen-bond donors (Lipinski definition) is 1. The molecule has 0 unspecified atom stereocenters. The molecule has 0 radical (unpaired) electrons. The van der Waals surface area contributed by atoms with Crippen molar-refractivity contribution in [2.24, 2.45) is 0 Å². The summed E-state index contributed by atoms with van der Waals surface area (Å²) in [6, 6.07) is 1.72. The summed E-state index contributed by atoms with van der Waals surface area (Å²) in [4.78, 5) is 11.3. The molecule has 0 fully saturated rings. The molecule has 0 amide bonds. The number of hydrogen-bond acceptors (Lipinski definition) is 2. The van der Waals surface area contributed by atoms with Crippen LogP contribution in [0.3, 0.4) is 0 Å². The number of aryl methyl sites for hydroxylation is 1. The molecule has 0 saturated carbocycles. The number of rotatable bonds is 6. The van der Waals surface area contributed by atoms with Crippen LogP contribution in [-0.2, 0) is 6.42 Å². The highest BCUT2D eigenvalue weighted by molar-refractivity contribution is 5.92. The summed E-state index contributed by atoms with van der Waals surface area (Å²) in [6.07, 6.45) is 2.86. The van der Waals surface area contributed by atoms with Gasteiger partial charge in [0.2, 0.25) is 0 Å². The number of carboxylic acids is 1. The molecule has 18 heavy (non-hydrogen) atoms. The average Bonchev–Trinajstić information content (AvgIpc) is 2.32. The van der Waals surface area contributed by atoms with Gasteiger partial charge in [-0.25, -0.2) is 4.79 Å². The third-order valence-electron chi connectivity index (χ3n) is 3.20. The van der Waals surface area contributed by atoms with Crippen molar-refractivity contribution in [1.29, 1.82) is 0 Å². The molecule has 0 bridgehead atoms. The normalized spacial score (nSPS) is 10.4. The molecule has 0 atom stereocenters. The fraction of sp³-hybridized carbons (Fsp3) is 0.533. The van der Waals surface area contributed by atoms with Crippen molar-refractivity contribution in [1.82, 2.24) is 0 Å². The van der Waals surface area contributed by atoms with E-state index < -0.39 is 5.97 Å². The van der Waals surface area contributed by atoms with Gasteiger partial charge in [-0.15, -0.1) is 0 Å². The third kappa shape index (κ3) is 3.03. The van der Waals surface area contributed by atoms with Gasteiger partial charge >= 0.3 is 5.97 Å². The highest BCUT2D eigenvalue weighted by Gasteiger charge is 2.18. The predicted octanol–water partition coefficient (Wildman–Crippen LogP) is 3.74. The quantitative estimate of drug-likeness (QED) is 0.782. The van der Waals surface area contributed by atoms with Crippen LogP contribution in [0.1, 0.15) is 53.7 Å². The summed E-state index contributed by atoms with van der Waals surface area (Å²) in [5.74, 6) is -0.381. The minimum Gasteiger partial charge on any atom is -0.492 e. The summed E-state index contributed by atoms with van der Waals surface area (Å²) in [5, 5.41) is 9.25. The van der Waals surface area contributed by atoms with Crippen LogP contribution in [0.4, 0.5) is 0 Å². The maximum absolute atomic E-state index is 11.3. The van der Waals surface area contributed by atoms with Gasteiger partial charge in [-0.3, -0.25) is 0 Å². The third-order valence-corrected chi connectivity index (χ3v) is 3.20. The molecule has 0 aliphatic heterocycles. The maximum Gasteiger partial charge on any atom is 0.339 e. The zero-order valence-electron chi connectivity index (χ0n) is 11.7. The standard InChI is InChI=1S/C15H22O3/c1-5-7-8-18-14-11(4)12(6-2)10(3)9-13(14)15(16)17/h9H,5-8H2,1-4H3,(H,16,17). The molecule has 0 aliphatic carbocycles. The van der Waals surface area contributed by atoms with Crippen LogP contribution in [0, 0.1) is 13.8 Å². The van der Waals surface area contributed by atoms with E-state index in [9.17, 15) is 9.90 Å². The Morgan fingerprint density at radius 2 is 2.00 bits per heavy atom. The SMILES string of the molecule is CCCCOc1c(C(=O)O)cc(C)c(CC)c1C. The number of ether oxygens (including phenoxy) is 1. The van der Waals surface area contributed by atoms with E-state index in [0.29, 0.717) is 12.4 Å². The first-order valence-corrected chi connectivity index (χ1v) is 6.52. The van der Waals surface area contributed by atoms with Gasteiger partial charge in [0.1, 0.15) is 11.3 Å². The molecule has 0 saturated heterocycles. The van der Waals surface area contributed by atoms with Gasteiger partial charge in [0, 0.05) is 0 Å². The summed E-state index contributed by atoms with van der Waals surface area (Å²) in [7, 11) is 0. The lowest BCUT2D eigenvalue weighted by atomic mass is 9.96. The van der Waals surface area contributed by atoms with Crippen LogP contribution in [0.25, 0.3) is 0 Å². The van der Waals surface area contributed by atoms with Crippen LogP contribution < -0.4 is 4.74 Å². The lowest BCUT2D eigenvalue weighted by molar-refractivity contribution is 0.0692. The van der Waals surface area contributed by atoms with Gasteiger partial charge in [0.05, 0.1) is 6.61 Å². The van der Waals surface area contributed by atoms with Crippen LogP contribution in [0.5, 0.6) is 5.75 Å². The summed E-state index contributed by atoms with van der Waals surface area (Å²) in [6.45, 7) is 8.63.